The third-order valence-corrected chi connectivity index (χ3v) is 5.82. The second kappa shape index (κ2) is 6.99. The number of halogens is 4. The number of aliphatic hydroxyl groups excluding tert-OH is 1. The number of rotatable bonds is 3. The lowest BCUT2D eigenvalue weighted by Gasteiger charge is -2.42. The fourth-order valence-electron chi connectivity index (χ4n) is 3.80. The molecule has 2 heterocycles. The second-order valence-electron chi connectivity index (χ2n) is 6.73. The number of hydrogen-bond donors (Lipinski definition) is 2. The maximum atomic E-state index is 13.7. The number of carbonyl (C=O) groups excluding carboxylic acids is 1. The molecular weight excluding hydrogens is 411 g/mol. The Labute approximate surface area is 169 Å². The van der Waals surface area contributed by atoms with Crippen LogP contribution in [0.2, 0.25) is 10.0 Å². The molecule has 2 aliphatic heterocycles. The Morgan fingerprint density at radius 3 is 2.64 bits per heavy atom. The summed E-state index contributed by atoms with van der Waals surface area (Å²) in [5.41, 5.74) is 0.956. The van der Waals surface area contributed by atoms with Gasteiger partial charge < -0.3 is 15.3 Å². The van der Waals surface area contributed by atoms with Crippen LogP contribution in [0.5, 0.6) is 0 Å². The summed E-state index contributed by atoms with van der Waals surface area (Å²) in [5, 5.41) is 13.0. The number of benzene rings is 2. The minimum atomic E-state index is -1.03. The summed E-state index contributed by atoms with van der Waals surface area (Å²) >= 11 is 12.5. The topological polar surface area (TPSA) is 64.9 Å². The van der Waals surface area contributed by atoms with E-state index in [1.54, 1.807) is 12.1 Å². The molecule has 1 atom stereocenters. The summed E-state index contributed by atoms with van der Waals surface area (Å²) in [7, 11) is 0. The van der Waals surface area contributed by atoms with Crippen LogP contribution < -0.4 is 5.32 Å². The van der Waals surface area contributed by atoms with Crippen molar-refractivity contribution in [2.24, 2.45) is 4.99 Å². The smallest absolute Gasteiger partial charge is 0.248 e. The molecule has 0 saturated carbocycles. The molecule has 146 valence electrons. The maximum absolute atomic E-state index is 13.7. The quantitative estimate of drug-likeness (QED) is 0.783. The van der Waals surface area contributed by atoms with Crippen LogP contribution in [0, 0.1) is 11.6 Å². The zero-order valence-electron chi connectivity index (χ0n) is 14.5. The van der Waals surface area contributed by atoms with Gasteiger partial charge in [0.1, 0.15) is 23.8 Å². The van der Waals surface area contributed by atoms with Crippen molar-refractivity contribution in [3.05, 3.63) is 57.6 Å². The number of aliphatic imine (C=N–C) groups is 1. The van der Waals surface area contributed by atoms with Crippen molar-refractivity contribution in [2.45, 2.75) is 12.0 Å². The Bertz CT molecular complexity index is 995. The van der Waals surface area contributed by atoms with Crippen molar-refractivity contribution in [3.63, 3.8) is 0 Å². The molecule has 1 amide bonds. The molecule has 2 aromatic carbocycles. The van der Waals surface area contributed by atoms with Crippen molar-refractivity contribution in [1.82, 2.24) is 4.90 Å². The maximum Gasteiger partial charge on any atom is 0.248 e. The van der Waals surface area contributed by atoms with Crippen LogP contribution in [0.3, 0.4) is 0 Å². The normalized spacial score (nSPS) is 20.5. The molecule has 2 aliphatic rings. The van der Waals surface area contributed by atoms with Gasteiger partial charge in [0.15, 0.2) is 0 Å². The van der Waals surface area contributed by atoms with Gasteiger partial charge in [-0.25, -0.2) is 8.78 Å². The zero-order chi connectivity index (χ0) is 20.1. The van der Waals surface area contributed by atoms with E-state index in [4.69, 9.17) is 23.2 Å². The number of likely N-dealkylation sites (tertiary alicyclic amines) is 1. The predicted molar refractivity (Wildman–Crippen MR) is 103 cm³/mol. The lowest BCUT2D eigenvalue weighted by molar-refractivity contribution is -0.134. The highest BCUT2D eigenvalue weighted by molar-refractivity contribution is 6.44. The van der Waals surface area contributed by atoms with Gasteiger partial charge in [0.05, 0.1) is 28.0 Å². The first-order valence-electron chi connectivity index (χ1n) is 8.53. The van der Waals surface area contributed by atoms with E-state index in [9.17, 15) is 18.7 Å². The summed E-state index contributed by atoms with van der Waals surface area (Å²) in [6, 6.07) is 6.45. The van der Waals surface area contributed by atoms with Gasteiger partial charge in [-0.1, -0.05) is 29.3 Å². The van der Waals surface area contributed by atoms with Gasteiger partial charge in [0.2, 0.25) is 5.91 Å². The molecule has 28 heavy (non-hydrogen) atoms. The van der Waals surface area contributed by atoms with Crippen molar-refractivity contribution >= 4 is 46.2 Å². The van der Waals surface area contributed by atoms with Crippen molar-refractivity contribution in [1.29, 1.82) is 0 Å². The summed E-state index contributed by atoms with van der Waals surface area (Å²) in [5.74, 6) is -1.91. The fourth-order valence-corrected chi connectivity index (χ4v) is 4.16. The first-order chi connectivity index (χ1) is 13.3. The average Bonchev–Trinajstić information content (AvgIpc) is 2.97. The fraction of sp³-hybridized carbons (Fsp3) is 0.263. The summed E-state index contributed by atoms with van der Waals surface area (Å²) in [4.78, 5) is 18.2. The van der Waals surface area contributed by atoms with E-state index in [1.807, 2.05) is 0 Å². The van der Waals surface area contributed by atoms with Gasteiger partial charge in [-0.05, 0) is 18.2 Å². The monoisotopic (exact) mass is 425 g/mol. The first-order valence-corrected chi connectivity index (χ1v) is 9.29. The largest absolute Gasteiger partial charge is 0.387 e. The van der Waals surface area contributed by atoms with E-state index in [-0.39, 0.29) is 17.3 Å². The number of nitrogens with one attached hydrogen (secondary N) is 1. The Balaban J connectivity index is 1.86. The van der Waals surface area contributed by atoms with Gasteiger partial charge in [0.25, 0.3) is 0 Å². The van der Waals surface area contributed by atoms with Crippen LogP contribution >= 0.6 is 23.2 Å². The summed E-state index contributed by atoms with van der Waals surface area (Å²) < 4.78 is 27.5. The molecule has 2 aromatic rings. The molecule has 5 nitrogen and oxygen atoms in total. The third kappa shape index (κ3) is 3.03. The second-order valence-corrected chi connectivity index (χ2v) is 7.51. The van der Waals surface area contributed by atoms with E-state index in [1.165, 1.54) is 4.90 Å². The lowest BCUT2D eigenvalue weighted by atomic mass is 9.81. The molecule has 2 N–H and O–H groups in total. The van der Waals surface area contributed by atoms with Crippen LogP contribution in [0.4, 0.5) is 20.2 Å². The molecule has 0 aliphatic carbocycles. The SMILES string of the molecule is O=C(CO)N1CCC2=Nc3c(ccc(Cl)c3Cl)C2(Nc2cc(F)cc(F)c2)C1. The number of piperidine rings is 1. The van der Waals surface area contributed by atoms with Gasteiger partial charge in [-0.2, -0.15) is 0 Å². The highest BCUT2D eigenvalue weighted by Gasteiger charge is 2.49. The number of carbonyl (C=O) groups is 1. The predicted octanol–water partition coefficient (Wildman–Crippen LogP) is 3.89. The van der Waals surface area contributed by atoms with Gasteiger partial charge >= 0.3 is 0 Å². The molecule has 1 fully saturated rings. The standard InChI is InChI=1S/C19H15Cl2F2N3O2/c20-14-2-1-13-18(17(14)21)24-15-3-4-26(16(28)8-27)9-19(13,15)25-12-6-10(22)5-11(23)7-12/h1-2,5-7,25,27H,3-4,8-9H2. The number of amides is 1. The highest BCUT2D eigenvalue weighted by atomic mass is 35.5. The molecule has 0 aromatic heterocycles. The first kappa shape index (κ1) is 19.1. The molecule has 0 spiro atoms. The van der Waals surface area contributed by atoms with Crippen LogP contribution in [0.1, 0.15) is 12.0 Å². The third-order valence-electron chi connectivity index (χ3n) is 5.02. The highest BCUT2D eigenvalue weighted by Crippen LogP contribution is 2.49. The zero-order valence-corrected chi connectivity index (χ0v) is 16.0. The van der Waals surface area contributed by atoms with E-state index >= 15 is 0 Å². The number of fused-ring (bicyclic) bond motifs is 3. The molecule has 0 radical (unpaired) electrons. The Kier molecular flexibility index (Phi) is 4.77. The number of hydrogen-bond acceptors (Lipinski definition) is 4. The minimum absolute atomic E-state index is 0.119. The molecule has 1 unspecified atom stereocenters. The van der Waals surface area contributed by atoms with Crippen LogP contribution in [0.25, 0.3) is 0 Å². The van der Waals surface area contributed by atoms with E-state index in [0.717, 1.165) is 18.2 Å². The Morgan fingerprint density at radius 1 is 1.25 bits per heavy atom. The van der Waals surface area contributed by atoms with E-state index in [0.29, 0.717) is 35.0 Å². The summed E-state index contributed by atoms with van der Waals surface area (Å²) in [6.45, 7) is -0.155. The van der Waals surface area contributed by atoms with Crippen molar-refractivity contribution < 1.29 is 18.7 Å². The van der Waals surface area contributed by atoms with Crippen LogP contribution in [0.15, 0.2) is 35.3 Å². The summed E-state index contributed by atoms with van der Waals surface area (Å²) in [6.07, 6.45) is 0.402. The Morgan fingerprint density at radius 2 is 1.96 bits per heavy atom. The van der Waals surface area contributed by atoms with Crippen molar-refractivity contribution in [2.75, 3.05) is 25.0 Å². The molecule has 0 bridgehead atoms. The molecule has 1 saturated heterocycles. The average molecular weight is 426 g/mol. The molecular formula is C19H15Cl2F2N3O2. The van der Waals surface area contributed by atoms with Gasteiger partial charge in [0, 0.05) is 30.3 Å². The van der Waals surface area contributed by atoms with Crippen LogP contribution in [-0.2, 0) is 10.3 Å². The number of anilines is 1. The molecule has 4 rings (SSSR count). The van der Waals surface area contributed by atoms with Gasteiger partial charge in [-0.15, -0.1) is 0 Å². The minimum Gasteiger partial charge on any atom is -0.387 e. The number of nitrogens with zero attached hydrogens (tertiary/aromatic N) is 2. The Hall–Kier alpha value is -2.22. The lowest BCUT2D eigenvalue weighted by Crippen LogP contribution is -2.57. The van der Waals surface area contributed by atoms with E-state index < -0.39 is 29.7 Å². The van der Waals surface area contributed by atoms with Crippen molar-refractivity contribution in [3.8, 4) is 0 Å². The van der Waals surface area contributed by atoms with Gasteiger partial charge in [-0.3, -0.25) is 9.79 Å². The number of aliphatic hydroxyl groups is 1. The van der Waals surface area contributed by atoms with E-state index in [2.05, 4.69) is 10.3 Å². The van der Waals surface area contributed by atoms with Crippen LogP contribution in [-0.4, -0.2) is 41.3 Å². The molecule has 9 heteroatoms.